The highest BCUT2D eigenvalue weighted by Gasteiger charge is 2.24. The first-order valence-electron chi connectivity index (χ1n) is 8.31. The summed E-state index contributed by atoms with van der Waals surface area (Å²) in [6, 6.07) is 8.30. The van der Waals surface area contributed by atoms with Crippen LogP contribution in [0.1, 0.15) is 15.9 Å². The van der Waals surface area contributed by atoms with Gasteiger partial charge in [0.05, 0.1) is 23.3 Å². The number of nitro groups is 1. The number of aromatic nitrogens is 1. The number of benzene rings is 1. The molecule has 0 N–H and O–H groups in total. The molecule has 0 bridgehead atoms. The number of rotatable bonds is 5. The van der Waals surface area contributed by atoms with Gasteiger partial charge in [0.15, 0.2) is 0 Å². The average Bonchev–Trinajstić information content (AvgIpc) is 2.68. The average molecular weight is 356 g/mol. The van der Waals surface area contributed by atoms with E-state index in [9.17, 15) is 14.9 Å². The van der Waals surface area contributed by atoms with Crippen LogP contribution in [0, 0.1) is 10.1 Å². The molecule has 1 aromatic carbocycles. The number of pyridine rings is 1. The lowest BCUT2D eigenvalue weighted by molar-refractivity contribution is -0.384. The van der Waals surface area contributed by atoms with Gasteiger partial charge in [0, 0.05) is 57.3 Å². The van der Waals surface area contributed by atoms with Crippen LogP contribution < -0.4 is 4.90 Å². The number of esters is 1. The lowest BCUT2D eigenvalue weighted by Crippen LogP contribution is -2.46. The summed E-state index contributed by atoms with van der Waals surface area (Å²) < 4.78 is 4.80. The Morgan fingerprint density at radius 3 is 2.65 bits per heavy atom. The molecule has 0 unspecified atom stereocenters. The third-order valence-corrected chi connectivity index (χ3v) is 4.44. The van der Waals surface area contributed by atoms with Crippen LogP contribution in [0.25, 0.3) is 0 Å². The fourth-order valence-electron chi connectivity index (χ4n) is 3.08. The molecule has 0 saturated carbocycles. The topological polar surface area (TPSA) is 88.8 Å². The molecule has 1 aliphatic heterocycles. The number of hydrogen-bond acceptors (Lipinski definition) is 7. The molecule has 0 amide bonds. The van der Waals surface area contributed by atoms with Gasteiger partial charge in [0.2, 0.25) is 0 Å². The molecule has 0 atom stereocenters. The number of ether oxygens (including phenoxy) is 1. The van der Waals surface area contributed by atoms with Crippen molar-refractivity contribution in [3.05, 3.63) is 64.0 Å². The molecule has 2 heterocycles. The zero-order valence-corrected chi connectivity index (χ0v) is 14.5. The maximum absolute atomic E-state index is 12.1. The molecule has 8 heteroatoms. The molecule has 3 rings (SSSR count). The van der Waals surface area contributed by atoms with Crippen LogP contribution in [-0.4, -0.2) is 54.1 Å². The van der Waals surface area contributed by atoms with Crippen LogP contribution in [0.5, 0.6) is 0 Å². The van der Waals surface area contributed by atoms with E-state index in [1.165, 1.54) is 19.2 Å². The van der Waals surface area contributed by atoms with E-state index in [-0.39, 0.29) is 11.3 Å². The molecule has 1 saturated heterocycles. The Labute approximate surface area is 151 Å². The van der Waals surface area contributed by atoms with Crippen molar-refractivity contribution in [2.45, 2.75) is 6.54 Å². The number of carbonyl (C=O) groups excluding carboxylic acids is 1. The molecular formula is C18H20N4O4. The van der Waals surface area contributed by atoms with Crippen LogP contribution in [0.15, 0.2) is 42.7 Å². The van der Waals surface area contributed by atoms with Crippen LogP contribution >= 0.6 is 0 Å². The van der Waals surface area contributed by atoms with E-state index in [4.69, 9.17) is 4.74 Å². The van der Waals surface area contributed by atoms with Crippen molar-refractivity contribution in [3.8, 4) is 0 Å². The van der Waals surface area contributed by atoms with E-state index in [1.807, 2.05) is 18.3 Å². The summed E-state index contributed by atoms with van der Waals surface area (Å²) in [4.78, 5) is 31.1. The van der Waals surface area contributed by atoms with E-state index in [1.54, 1.807) is 12.3 Å². The normalized spacial score (nSPS) is 14.9. The molecule has 8 nitrogen and oxygen atoms in total. The van der Waals surface area contributed by atoms with Crippen LogP contribution in [0.3, 0.4) is 0 Å². The summed E-state index contributed by atoms with van der Waals surface area (Å²) in [5.41, 5.74) is 1.93. The maximum atomic E-state index is 12.1. The van der Waals surface area contributed by atoms with Gasteiger partial charge in [-0.25, -0.2) is 4.79 Å². The first kappa shape index (κ1) is 17.8. The number of nitrogens with zero attached hydrogens (tertiary/aromatic N) is 4. The Morgan fingerprint density at radius 1 is 1.27 bits per heavy atom. The van der Waals surface area contributed by atoms with E-state index < -0.39 is 10.9 Å². The summed E-state index contributed by atoms with van der Waals surface area (Å²) in [7, 11) is 1.27. The largest absolute Gasteiger partial charge is 0.465 e. The van der Waals surface area contributed by atoms with Crippen molar-refractivity contribution in [2.75, 3.05) is 38.2 Å². The second-order valence-electron chi connectivity index (χ2n) is 6.07. The van der Waals surface area contributed by atoms with Crippen molar-refractivity contribution < 1.29 is 14.5 Å². The molecule has 1 aliphatic rings. The van der Waals surface area contributed by atoms with Crippen molar-refractivity contribution >= 4 is 17.3 Å². The minimum absolute atomic E-state index is 0.121. The number of piperazine rings is 1. The van der Waals surface area contributed by atoms with Crippen molar-refractivity contribution in [1.29, 1.82) is 0 Å². The molecule has 0 aliphatic carbocycles. The number of non-ortho nitro benzene ring substituents is 1. The second kappa shape index (κ2) is 7.92. The summed E-state index contributed by atoms with van der Waals surface area (Å²) in [5, 5.41) is 11.0. The molecule has 2 aromatic rings. The first-order valence-corrected chi connectivity index (χ1v) is 8.31. The minimum Gasteiger partial charge on any atom is -0.465 e. The summed E-state index contributed by atoms with van der Waals surface area (Å²) in [6.45, 7) is 3.93. The Bertz CT molecular complexity index is 789. The Hall–Kier alpha value is -3.00. The number of nitro benzene ring substituents is 1. The van der Waals surface area contributed by atoms with Crippen LogP contribution in [0.4, 0.5) is 11.4 Å². The highest BCUT2D eigenvalue weighted by Crippen LogP contribution is 2.27. The number of hydrogen-bond donors (Lipinski definition) is 0. The van der Waals surface area contributed by atoms with E-state index >= 15 is 0 Å². The molecule has 26 heavy (non-hydrogen) atoms. The summed E-state index contributed by atoms with van der Waals surface area (Å²) in [6.07, 6.45) is 3.61. The zero-order chi connectivity index (χ0) is 18.5. The Morgan fingerprint density at radius 2 is 2.04 bits per heavy atom. The smallest absolute Gasteiger partial charge is 0.340 e. The Kier molecular flexibility index (Phi) is 5.43. The molecular weight excluding hydrogens is 336 g/mol. The van der Waals surface area contributed by atoms with E-state index in [0.29, 0.717) is 5.69 Å². The fraction of sp³-hybridized carbons (Fsp3) is 0.333. The molecule has 0 spiro atoms. The van der Waals surface area contributed by atoms with Gasteiger partial charge < -0.3 is 9.64 Å². The zero-order valence-electron chi connectivity index (χ0n) is 14.5. The van der Waals surface area contributed by atoms with E-state index in [0.717, 1.165) is 38.3 Å². The number of carbonyl (C=O) groups is 1. The van der Waals surface area contributed by atoms with Gasteiger partial charge in [-0.15, -0.1) is 0 Å². The summed E-state index contributed by atoms with van der Waals surface area (Å²) >= 11 is 0. The van der Waals surface area contributed by atoms with Crippen LogP contribution in [-0.2, 0) is 11.3 Å². The molecule has 136 valence electrons. The lowest BCUT2D eigenvalue weighted by atomic mass is 10.1. The van der Waals surface area contributed by atoms with Crippen LogP contribution in [0.2, 0.25) is 0 Å². The van der Waals surface area contributed by atoms with Crippen molar-refractivity contribution in [1.82, 2.24) is 9.88 Å². The second-order valence-corrected chi connectivity index (χ2v) is 6.07. The predicted molar refractivity (Wildman–Crippen MR) is 96.2 cm³/mol. The molecule has 1 aromatic heterocycles. The Balaban J connectivity index is 1.72. The van der Waals surface area contributed by atoms with Gasteiger partial charge in [0.25, 0.3) is 5.69 Å². The SMILES string of the molecule is COC(=O)c1cc([N+](=O)[O-])ccc1N1CCN(Cc2cccnc2)CC1. The quantitative estimate of drug-likeness (QED) is 0.460. The van der Waals surface area contributed by atoms with Gasteiger partial charge in [-0.3, -0.25) is 20.0 Å². The lowest BCUT2D eigenvalue weighted by Gasteiger charge is -2.36. The maximum Gasteiger partial charge on any atom is 0.340 e. The minimum atomic E-state index is -0.568. The van der Waals surface area contributed by atoms with E-state index in [2.05, 4.69) is 14.8 Å². The van der Waals surface area contributed by atoms with Gasteiger partial charge in [0.1, 0.15) is 0 Å². The third kappa shape index (κ3) is 3.97. The molecule has 0 radical (unpaired) electrons. The highest BCUT2D eigenvalue weighted by molar-refractivity contribution is 5.96. The standard InChI is InChI=1S/C18H20N4O4/c1-26-18(23)16-11-15(22(24)25)4-5-17(16)21-9-7-20(8-10-21)13-14-3-2-6-19-12-14/h2-6,11-12H,7-10,13H2,1H3. The monoisotopic (exact) mass is 356 g/mol. The predicted octanol–water partition coefficient (Wildman–Crippen LogP) is 2.10. The van der Waals surface area contributed by atoms with Gasteiger partial charge in [-0.2, -0.15) is 0 Å². The van der Waals surface area contributed by atoms with Gasteiger partial charge >= 0.3 is 5.97 Å². The molecule has 1 fully saturated rings. The van der Waals surface area contributed by atoms with Crippen molar-refractivity contribution in [2.24, 2.45) is 0 Å². The van der Waals surface area contributed by atoms with Gasteiger partial charge in [-0.05, 0) is 17.7 Å². The summed E-state index contributed by atoms with van der Waals surface area (Å²) in [5.74, 6) is -0.568. The fourth-order valence-corrected chi connectivity index (χ4v) is 3.08. The highest BCUT2D eigenvalue weighted by atomic mass is 16.6. The first-order chi connectivity index (χ1) is 12.6. The van der Waals surface area contributed by atoms with Gasteiger partial charge in [-0.1, -0.05) is 6.07 Å². The number of methoxy groups -OCH3 is 1. The third-order valence-electron chi connectivity index (χ3n) is 4.44. The number of anilines is 1. The van der Waals surface area contributed by atoms with Crippen molar-refractivity contribution in [3.63, 3.8) is 0 Å².